The van der Waals surface area contributed by atoms with Gasteiger partial charge in [-0.25, -0.2) is 4.98 Å². The van der Waals surface area contributed by atoms with Crippen molar-refractivity contribution < 1.29 is 4.74 Å². The highest BCUT2D eigenvalue weighted by atomic mass is 32.1. The Kier molecular flexibility index (Phi) is 4.49. The minimum atomic E-state index is 0.776. The zero-order valence-electron chi connectivity index (χ0n) is 13.9. The van der Waals surface area contributed by atoms with Crippen molar-refractivity contribution in [2.24, 2.45) is 0 Å². The van der Waals surface area contributed by atoms with Crippen LogP contribution in [0.4, 0.5) is 5.82 Å². The fourth-order valence-corrected chi connectivity index (χ4v) is 3.92. The molecule has 0 saturated heterocycles. The number of aromatic nitrogens is 3. The van der Waals surface area contributed by atoms with E-state index >= 15 is 0 Å². The van der Waals surface area contributed by atoms with Crippen molar-refractivity contribution in [1.29, 1.82) is 0 Å². The molecule has 1 aliphatic rings. The first-order valence-corrected chi connectivity index (χ1v) is 9.52. The van der Waals surface area contributed by atoms with Gasteiger partial charge >= 0.3 is 0 Å². The van der Waals surface area contributed by atoms with E-state index in [2.05, 4.69) is 28.9 Å². The SMILES string of the molecule is CCOCCCNc1c2c(nc3cc(-c4cccs4)nn13)CCC2. The first-order valence-electron chi connectivity index (χ1n) is 8.64. The molecule has 24 heavy (non-hydrogen) atoms. The topological polar surface area (TPSA) is 51.5 Å². The fraction of sp³-hybridized carbons (Fsp3) is 0.444. The van der Waals surface area contributed by atoms with Crippen LogP contribution in [-0.4, -0.2) is 34.4 Å². The van der Waals surface area contributed by atoms with Gasteiger partial charge in [0, 0.05) is 37.1 Å². The van der Waals surface area contributed by atoms with Crippen LogP contribution in [0.1, 0.15) is 31.0 Å². The molecule has 1 N–H and O–H groups in total. The number of anilines is 1. The maximum Gasteiger partial charge on any atom is 0.158 e. The lowest BCUT2D eigenvalue weighted by molar-refractivity contribution is 0.147. The summed E-state index contributed by atoms with van der Waals surface area (Å²) in [5.41, 5.74) is 4.50. The van der Waals surface area contributed by atoms with E-state index in [1.807, 2.05) is 11.4 Å². The van der Waals surface area contributed by atoms with Crippen LogP contribution in [0.3, 0.4) is 0 Å². The van der Waals surface area contributed by atoms with Crippen LogP contribution in [-0.2, 0) is 17.6 Å². The van der Waals surface area contributed by atoms with Crippen molar-refractivity contribution in [2.75, 3.05) is 25.1 Å². The maximum absolute atomic E-state index is 5.43. The number of hydrogen-bond acceptors (Lipinski definition) is 5. The van der Waals surface area contributed by atoms with Crippen LogP contribution in [0, 0.1) is 0 Å². The summed E-state index contributed by atoms with van der Waals surface area (Å²) in [6, 6.07) is 6.26. The zero-order chi connectivity index (χ0) is 16.4. The van der Waals surface area contributed by atoms with Crippen molar-refractivity contribution in [3.8, 4) is 10.6 Å². The van der Waals surface area contributed by atoms with Crippen molar-refractivity contribution in [3.63, 3.8) is 0 Å². The minimum Gasteiger partial charge on any atom is -0.382 e. The van der Waals surface area contributed by atoms with Gasteiger partial charge in [0.15, 0.2) is 5.65 Å². The number of nitrogens with one attached hydrogen (secondary N) is 1. The van der Waals surface area contributed by atoms with E-state index in [1.165, 1.54) is 22.6 Å². The Morgan fingerprint density at radius 1 is 1.38 bits per heavy atom. The Balaban J connectivity index is 1.67. The molecule has 0 fully saturated rings. The average molecular weight is 342 g/mol. The zero-order valence-corrected chi connectivity index (χ0v) is 14.7. The molecule has 4 rings (SSSR count). The molecule has 0 aromatic carbocycles. The van der Waals surface area contributed by atoms with Gasteiger partial charge in [0.2, 0.25) is 0 Å². The molecule has 0 saturated carbocycles. The van der Waals surface area contributed by atoms with Gasteiger partial charge in [-0.1, -0.05) is 6.07 Å². The summed E-state index contributed by atoms with van der Waals surface area (Å²) in [5, 5.41) is 10.5. The Hall–Kier alpha value is -1.92. The standard InChI is InChI=1S/C18H22N4OS/c1-2-23-10-5-9-19-18-13-6-3-7-14(13)20-17-12-15(21-22(17)18)16-8-4-11-24-16/h4,8,11-12,19H,2-3,5-7,9-10H2,1H3. The molecular formula is C18H22N4OS. The van der Waals surface area contributed by atoms with Crippen LogP contribution in [0.5, 0.6) is 0 Å². The largest absolute Gasteiger partial charge is 0.382 e. The summed E-state index contributed by atoms with van der Waals surface area (Å²) in [6.07, 6.45) is 4.33. The Labute approximate surface area is 145 Å². The van der Waals surface area contributed by atoms with Crippen molar-refractivity contribution in [3.05, 3.63) is 34.8 Å². The molecule has 0 spiro atoms. The molecule has 0 radical (unpaired) electrons. The quantitative estimate of drug-likeness (QED) is 0.664. The second-order valence-corrected chi connectivity index (χ2v) is 6.94. The van der Waals surface area contributed by atoms with Gasteiger partial charge in [0.25, 0.3) is 0 Å². The van der Waals surface area contributed by atoms with E-state index in [0.29, 0.717) is 0 Å². The fourth-order valence-electron chi connectivity index (χ4n) is 3.24. The molecular weight excluding hydrogens is 320 g/mol. The number of hydrogen-bond donors (Lipinski definition) is 1. The summed E-state index contributed by atoms with van der Waals surface area (Å²) in [7, 11) is 0. The highest BCUT2D eigenvalue weighted by molar-refractivity contribution is 7.13. The first kappa shape index (κ1) is 15.6. The molecule has 6 heteroatoms. The van der Waals surface area contributed by atoms with Gasteiger partial charge in [0.1, 0.15) is 11.5 Å². The molecule has 0 unspecified atom stereocenters. The van der Waals surface area contributed by atoms with Crippen LogP contribution >= 0.6 is 11.3 Å². The van der Waals surface area contributed by atoms with Crippen LogP contribution in [0.25, 0.3) is 16.2 Å². The Bertz CT molecular complexity index is 825. The van der Waals surface area contributed by atoms with E-state index in [1.54, 1.807) is 11.3 Å². The monoisotopic (exact) mass is 342 g/mol. The molecule has 3 aromatic rings. The third-order valence-corrected chi connectivity index (χ3v) is 5.25. The molecule has 0 atom stereocenters. The smallest absolute Gasteiger partial charge is 0.158 e. The minimum absolute atomic E-state index is 0.776. The lowest BCUT2D eigenvalue weighted by Gasteiger charge is -2.13. The van der Waals surface area contributed by atoms with Crippen LogP contribution in [0.2, 0.25) is 0 Å². The lowest BCUT2D eigenvalue weighted by Crippen LogP contribution is -2.12. The Morgan fingerprint density at radius 3 is 3.17 bits per heavy atom. The normalized spacial score (nSPS) is 13.5. The van der Waals surface area contributed by atoms with Gasteiger partial charge in [-0.2, -0.15) is 9.61 Å². The molecule has 0 aliphatic heterocycles. The van der Waals surface area contributed by atoms with E-state index < -0.39 is 0 Å². The molecule has 3 aromatic heterocycles. The summed E-state index contributed by atoms with van der Waals surface area (Å²) < 4.78 is 7.42. The van der Waals surface area contributed by atoms with Gasteiger partial charge < -0.3 is 10.1 Å². The van der Waals surface area contributed by atoms with Gasteiger partial charge in [0.05, 0.1) is 4.88 Å². The highest BCUT2D eigenvalue weighted by Gasteiger charge is 2.21. The number of fused-ring (bicyclic) bond motifs is 2. The van der Waals surface area contributed by atoms with Crippen molar-refractivity contribution >= 4 is 22.8 Å². The summed E-state index contributed by atoms with van der Waals surface area (Å²) in [6.45, 7) is 4.49. The van der Waals surface area contributed by atoms with Crippen molar-refractivity contribution in [2.45, 2.75) is 32.6 Å². The lowest BCUT2D eigenvalue weighted by atomic mass is 10.2. The van der Waals surface area contributed by atoms with Crippen LogP contribution in [0.15, 0.2) is 23.6 Å². The predicted octanol–water partition coefficient (Wildman–Crippen LogP) is 3.79. The predicted molar refractivity (Wildman–Crippen MR) is 97.9 cm³/mol. The molecule has 0 amide bonds. The van der Waals surface area contributed by atoms with E-state index in [9.17, 15) is 0 Å². The molecule has 5 nitrogen and oxygen atoms in total. The number of thiophene rings is 1. The molecule has 0 bridgehead atoms. The Morgan fingerprint density at radius 2 is 2.33 bits per heavy atom. The summed E-state index contributed by atoms with van der Waals surface area (Å²) >= 11 is 1.71. The third-order valence-electron chi connectivity index (χ3n) is 4.36. The van der Waals surface area contributed by atoms with Gasteiger partial charge in [-0.3, -0.25) is 0 Å². The van der Waals surface area contributed by atoms with E-state index in [0.717, 1.165) is 56.2 Å². The average Bonchev–Trinajstić information content (AvgIpc) is 3.32. The number of rotatable bonds is 7. The van der Waals surface area contributed by atoms with E-state index in [-0.39, 0.29) is 0 Å². The number of nitrogens with zero attached hydrogens (tertiary/aromatic N) is 3. The second kappa shape index (κ2) is 6.91. The number of ether oxygens (including phenoxy) is 1. The van der Waals surface area contributed by atoms with Gasteiger partial charge in [-0.05, 0) is 44.1 Å². The maximum atomic E-state index is 5.43. The number of aryl methyl sites for hydroxylation is 1. The van der Waals surface area contributed by atoms with Gasteiger partial charge in [-0.15, -0.1) is 11.3 Å². The van der Waals surface area contributed by atoms with Crippen LogP contribution < -0.4 is 5.32 Å². The highest BCUT2D eigenvalue weighted by Crippen LogP contribution is 2.31. The second-order valence-electron chi connectivity index (χ2n) is 5.99. The molecule has 3 heterocycles. The van der Waals surface area contributed by atoms with E-state index in [4.69, 9.17) is 14.8 Å². The summed E-state index contributed by atoms with van der Waals surface area (Å²) in [5.74, 6) is 1.12. The third kappa shape index (κ3) is 2.91. The van der Waals surface area contributed by atoms with Crippen molar-refractivity contribution in [1.82, 2.24) is 14.6 Å². The molecule has 1 aliphatic carbocycles. The molecule has 126 valence electrons. The first-order chi connectivity index (χ1) is 11.9. The summed E-state index contributed by atoms with van der Waals surface area (Å²) in [4.78, 5) is 6.03.